The molecule has 0 aliphatic carbocycles. The number of amides is 2. The molecule has 1 atom stereocenters. The summed E-state index contributed by atoms with van der Waals surface area (Å²) in [7, 11) is 0. The predicted molar refractivity (Wildman–Crippen MR) is 120 cm³/mol. The van der Waals surface area contributed by atoms with Gasteiger partial charge in [-0.15, -0.1) is 11.8 Å². The van der Waals surface area contributed by atoms with Gasteiger partial charge in [0.1, 0.15) is 10.8 Å². The van der Waals surface area contributed by atoms with E-state index in [0.717, 1.165) is 42.4 Å². The molecule has 1 unspecified atom stereocenters. The Kier molecular flexibility index (Phi) is 8.17. The van der Waals surface area contributed by atoms with Gasteiger partial charge in [-0.3, -0.25) is 14.4 Å². The van der Waals surface area contributed by atoms with Gasteiger partial charge in [-0.25, -0.2) is 4.98 Å². The van der Waals surface area contributed by atoms with Crippen molar-refractivity contribution in [1.29, 1.82) is 0 Å². The first-order valence-corrected chi connectivity index (χ1v) is 12.1. The van der Waals surface area contributed by atoms with Gasteiger partial charge < -0.3 is 20.6 Å². The smallest absolute Gasteiger partial charge is 0.303 e. The largest absolute Gasteiger partial charge is 0.481 e. The molecule has 170 valence electrons. The van der Waals surface area contributed by atoms with E-state index in [2.05, 4.69) is 11.8 Å². The average molecular weight is 449 g/mol. The zero-order chi connectivity index (χ0) is 22.4. The number of carbonyl (C=O) groups is 3. The molecule has 2 aliphatic rings. The standard InChI is InChI=1S/C22H32N4O4S/c1-2-12-31-21-17(22(30)25-10-7-16(8-11-25)20(23)29)5-6-18(24-21)26-9-3-4-15(14-26)13-19(27)28/h5-6,15-16H,2-4,7-14H2,1H3,(H2,23,29)(H,27,28). The highest BCUT2D eigenvalue weighted by atomic mass is 32.2. The Bertz CT molecular complexity index is 811. The maximum absolute atomic E-state index is 13.2. The number of piperidine rings is 2. The van der Waals surface area contributed by atoms with Crippen LogP contribution in [0.15, 0.2) is 17.2 Å². The van der Waals surface area contributed by atoms with E-state index in [-0.39, 0.29) is 30.1 Å². The Balaban J connectivity index is 1.76. The Hall–Kier alpha value is -2.29. The topological polar surface area (TPSA) is 117 Å². The van der Waals surface area contributed by atoms with Crippen LogP contribution in [-0.2, 0) is 9.59 Å². The first kappa shape index (κ1) is 23.4. The van der Waals surface area contributed by atoms with Gasteiger partial charge in [0.05, 0.1) is 5.56 Å². The molecule has 2 amide bonds. The lowest BCUT2D eigenvalue weighted by Crippen LogP contribution is -2.42. The van der Waals surface area contributed by atoms with Crippen LogP contribution in [0.4, 0.5) is 5.82 Å². The number of carboxylic acid groups (broad SMARTS) is 1. The molecule has 3 rings (SSSR count). The Labute approximate surface area is 187 Å². The van der Waals surface area contributed by atoms with Gasteiger partial charge in [-0.1, -0.05) is 6.92 Å². The lowest BCUT2D eigenvalue weighted by atomic mass is 9.95. The zero-order valence-electron chi connectivity index (χ0n) is 18.1. The lowest BCUT2D eigenvalue weighted by molar-refractivity contribution is -0.138. The predicted octanol–water partition coefficient (Wildman–Crippen LogP) is 2.61. The van der Waals surface area contributed by atoms with Gasteiger partial charge in [0.25, 0.3) is 5.91 Å². The van der Waals surface area contributed by atoms with Crippen molar-refractivity contribution >= 4 is 35.4 Å². The maximum Gasteiger partial charge on any atom is 0.303 e. The van der Waals surface area contributed by atoms with Crippen molar-refractivity contribution in [3.8, 4) is 0 Å². The van der Waals surface area contributed by atoms with Crippen LogP contribution in [0.5, 0.6) is 0 Å². The number of pyridine rings is 1. The molecule has 0 spiro atoms. The first-order chi connectivity index (χ1) is 14.9. The van der Waals surface area contributed by atoms with Crippen molar-refractivity contribution in [3.05, 3.63) is 17.7 Å². The van der Waals surface area contributed by atoms with Crippen LogP contribution < -0.4 is 10.6 Å². The maximum atomic E-state index is 13.2. The van der Waals surface area contributed by atoms with Crippen molar-refractivity contribution in [3.63, 3.8) is 0 Å². The minimum Gasteiger partial charge on any atom is -0.481 e. The van der Waals surface area contributed by atoms with Gasteiger partial charge in [-0.2, -0.15) is 0 Å². The number of rotatable bonds is 8. The molecule has 0 radical (unpaired) electrons. The fraction of sp³-hybridized carbons (Fsp3) is 0.636. The minimum absolute atomic E-state index is 0.0528. The Morgan fingerprint density at radius 1 is 1.19 bits per heavy atom. The highest BCUT2D eigenvalue weighted by Crippen LogP contribution is 2.30. The number of hydrogen-bond acceptors (Lipinski definition) is 6. The number of hydrogen-bond donors (Lipinski definition) is 2. The summed E-state index contributed by atoms with van der Waals surface area (Å²) in [5.41, 5.74) is 6.01. The minimum atomic E-state index is -0.764. The van der Waals surface area contributed by atoms with E-state index in [4.69, 9.17) is 15.8 Å². The normalized spacial score (nSPS) is 20.0. The summed E-state index contributed by atoms with van der Waals surface area (Å²) in [6.07, 6.45) is 4.19. The third kappa shape index (κ3) is 6.12. The van der Waals surface area contributed by atoms with Gasteiger partial charge in [0.2, 0.25) is 5.91 Å². The third-order valence-electron chi connectivity index (χ3n) is 6.01. The number of carboxylic acids is 1. The van der Waals surface area contributed by atoms with E-state index in [1.54, 1.807) is 16.7 Å². The van der Waals surface area contributed by atoms with E-state index >= 15 is 0 Å². The average Bonchev–Trinajstić information content (AvgIpc) is 2.77. The lowest BCUT2D eigenvalue weighted by Gasteiger charge is -2.34. The highest BCUT2D eigenvalue weighted by molar-refractivity contribution is 7.99. The summed E-state index contributed by atoms with van der Waals surface area (Å²) >= 11 is 1.58. The fourth-order valence-electron chi connectivity index (χ4n) is 4.30. The second kappa shape index (κ2) is 10.8. The van der Waals surface area contributed by atoms with Gasteiger partial charge in [0, 0.05) is 38.5 Å². The zero-order valence-corrected chi connectivity index (χ0v) is 18.9. The first-order valence-electron chi connectivity index (χ1n) is 11.1. The van der Waals surface area contributed by atoms with Crippen LogP contribution in [0.3, 0.4) is 0 Å². The summed E-state index contributed by atoms with van der Waals surface area (Å²) in [4.78, 5) is 44.5. The van der Waals surface area contributed by atoms with Crippen molar-refractivity contribution < 1.29 is 19.5 Å². The molecule has 1 aromatic heterocycles. The molecule has 9 heteroatoms. The molecule has 0 saturated carbocycles. The fourth-order valence-corrected chi connectivity index (χ4v) is 5.17. The molecular formula is C22H32N4O4S. The number of anilines is 1. The summed E-state index contributed by atoms with van der Waals surface area (Å²) in [6, 6.07) is 3.73. The number of aliphatic carboxylic acids is 1. The quantitative estimate of drug-likeness (QED) is 0.587. The van der Waals surface area contributed by atoms with Crippen LogP contribution in [-0.4, -0.2) is 64.7 Å². The number of aromatic nitrogens is 1. The summed E-state index contributed by atoms with van der Waals surface area (Å²) in [6.45, 7) is 4.65. The van der Waals surface area contributed by atoms with E-state index in [0.29, 0.717) is 38.0 Å². The molecule has 3 heterocycles. The van der Waals surface area contributed by atoms with E-state index < -0.39 is 5.97 Å². The van der Waals surface area contributed by atoms with Crippen LogP contribution in [0.2, 0.25) is 0 Å². The van der Waals surface area contributed by atoms with Crippen LogP contribution in [0.25, 0.3) is 0 Å². The molecule has 0 aromatic carbocycles. The summed E-state index contributed by atoms with van der Waals surface area (Å²) < 4.78 is 0. The third-order valence-corrected chi connectivity index (χ3v) is 7.21. The van der Waals surface area contributed by atoms with Gasteiger partial charge in [0.15, 0.2) is 0 Å². The SMILES string of the molecule is CCCSc1nc(N2CCCC(CC(=O)O)C2)ccc1C(=O)N1CCC(C(N)=O)CC1. The number of nitrogens with zero attached hydrogens (tertiary/aromatic N) is 3. The number of likely N-dealkylation sites (tertiary alicyclic amines) is 1. The Morgan fingerprint density at radius 3 is 2.58 bits per heavy atom. The molecule has 31 heavy (non-hydrogen) atoms. The van der Waals surface area contributed by atoms with Crippen molar-refractivity contribution in [2.75, 3.05) is 36.8 Å². The number of nitrogens with two attached hydrogens (primary N) is 1. The second-order valence-electron chi connectivity index (χ2n) is 8.39. The number of thioether (sulfide) groups is 1. The van der Waals surface area contributed by atoms with E-state index in [1.165, 1.54) is 0 Å². The summed E-state index contributed by atoms with van der Waals surface area (Å²) in [5, 5.41) is 9.85. The van der Waals surface area contributed by atoms with E-state index in [1.807, 2.05) is 12.1 Å². The highest BCUT2D eigenvalue weighted by Gasteiger charge is 2.29. The monoisotopic (exact) mass is 448 g/mol. The van der Waals surface area contributed by atoms with Crippen molar-refractivity contribution in [2.45, 2.75) is 50.5 Å². The van der Waals surface area contributed by atoms with Crippen LogP contribution >= 0.6 is 11.8 Å². The number of carbonyl (C=O) groups excluding carboxylic acids is 2. The Morgan fingerprint density at radius 2 is 1.94 bits per heavy atom. The molecular weight excluding hydrogens is 416 g/mol. The van der Waals surface area contributed by atoms with Crippen molar-refractivity contribution in [2.24, 2.45) is 17.6 Å². The van der Waals surface area contributed by atoms with Gasteiger partial charge in [-0.05, 0) is 55.9 Å². The second-order valence-corrected chi connectivity index (χ2v) is 9.48. The molecule has 8 nitrogen and oxygen atoms in total. The summed E-state index contributed by atoms with van der Waals surface area (Å²) in [5.74, 6) is 0.520. The van der Waals surface area contributed by atoms with E-state index in [9.17, 15) is 14.4 Å². The molecule has 2 aliphatic heterocycles. The molecule has 2 saturated heterocycles. The molecule has 0 bridgehead atoms. The van der Waals surface area contributed by atoms with Crippen LogP contribution in [0.1, 0.15) is 55.8 Å². The molecule has 2 fully saturated rings. The van der Waals surface area contributed by atoms with Crippen molar-refractivity contribution in [1.82, 2.24) is 9.88 Å². The molecule has 1 aromatic rings. The number of primary amides is 1. The van der Waals surface area contributed by atoms with Gasteiger partial charge >= 0.3 is 5.97 Å². The molecule has 3 N–H and O–H groups in total. The van der Waals surface area contributed by atoms with Crippen LogP contribution in [0, 0.1) is 11.8 Å².